The zero-order valence-corrected chi connectivity index (χ0v) is 12.2. The fraction of sp³-hybridized carbons (Fsp3) is 0.643. The van der Waals surface area contributed by atoms with E-state index in [4.69, 9.17) is 0 Å². The van der Waals surface area contributed by atoms with Gasteiger partial charge in [-0.3, -0.25) is 14.9 Å². The van der Waals surface area contributed by atoms with Crippen molar-refractivity contribution in [2.24, 2.45) is 17.8 Å². The van der Waals surface area contributed by atoms with Gasteiger partial charge in [0.05, 0.1) is 9.80 Å². The van der Waals surface area contributed by atoms with Crippen LogP contribution in [-0.4, -0.2) is 16.9 Å². The van der Waals surface area contributed by atoms with E-state index in [1.165, 1.54) is 37.8 Å². The maximum Gasteiger partial charge on any atom is 0.324 e. The standard InChI is InChI=1S/C14H18N2O3S/c1-8(11-7-9-2-3-10(11)6-9)15-14(17)12-4-5-13(20-12)16(18)19/h4-5,8-11H,2-3,6-7H2,1H3,(H,15,17)/t8-,9-,10-,11-/m0/s1. The highest BCUT2D eigenvalue weighted by molar-refractivity contribution is 7.17. The van der Waals surface area contributed by atoms with E-state index >= 15 is 0 Å². The highest BCUT2D eigenvalue weighted by atomic mass is 32.1. The third-order valence-electron chi connectivity index (χ3n) is 4.79. The molecule has 0 saturated heterocycles. The van der Waals surface area contributed by atoms with Crippen LogP contribution in [0.5, 0.6) is 0 Å². The number of amides is 1. The van der Waals surface area contributed by atoms with E-state index in [0.717, 1.165) is 23.2 Å². The lowest BCUT2D eigenvalue weighted by atomic mass is 9.84. The van der Waals surface area contributed by atoms with Gasteiger partial charge in [-0.2, -0.15) is 0 Å². The number of nitrogens with zero attached hydrogens (tertiary/aromatic N) is 1. The molecule has 2 fully saturated rings. The lowest BCUT2D eigenvalue weighted by molar-refractivity contribution is -0.380. The monoisotopic (exact) mass is 294 g/mol. The number of carbonyl (C=O) groups excluding carboxylic acids is 1. The van der Waals surface area contributed by atoms with Crippen molar-refractivity contribution in [3.8, 4) is 0 Å². The molecule has 2 aliphatic carbocycles. The Bertz CT molecular complexity index is 542. The van der Waals surface area contributed by atoms with Gasteiger partial charge in [0, 0.05) is 12.1 Å². The number of nitrogens with one attached hydrogen (secondary N) is 1. The molecule has 0 aromatic carbocycles. The Morgan fingerprint density at radius 2 is 2.25 bits per heavy atom. The molecule has 20 heavy (non-hydrogen) atoms. The summed E-state index contributed by atoms with van der Waals surface area (Å²) in [5.74, 6) is 2.01. The van der Waals surface area contributed by atoms with Crippen molar-refractivity contribution in [3.05, 3.63) is 27.1 Å². The van der Waals surface area contributed by atoms with Gasteiger partial charge in [0.2, 0.25) is 0 Å². The number of hydrogen-bond acceptors (Lipinski definition) is 4. The molecule has 6 heteroatoms. The molecule has 0 unspecified atom stereocenters. The molecule has 2 aliphatic rings. The molecule has 1 heterocycles. The van der Waals surface area contributed by atoms with Crippen LogP contribution in [0.15, 0.2) is 12.1 Å². The van der Waals surface area contributed by atoms with Crippen LogP contribution < -0.4 is 5.32 Å². The number of fused-ring (bicyclic) bond motifs is 2. The van der Waals surface area contributed by atoms with Crippen molar-refractivity contribution in [1.82, 2.24) is 5.32 Å². The highest BCUT2D eigenvalue weighted by Crippen LogP contribution is 2.49. The fourth-order valence-corrected chi connectivity index (χ4v) is 4.56. The van der Waals surface area contributed by atoms with Crippen molar-refractivity contribution in [1.29, 1.82) is 0 Å². The maximum atomic E-state index is 12.1. The number of rotatable bonds is 4. The van der Waals surface area contributed by atoms with E-state index in [1.54, 1.807) is 0 Å². The lowest BCUT2D eigenvalue weighted by Gasteiger charge is -2.28. The SMILES string of the molecule is C[C@H](NC(=O)c1ccc([N+](=O)[O-])s1)[C@@H]1C[C@H]2CC[C@H]1C2. The molecule has 1 amide bonds. The summed E-state index contributed by atoms with van der Waals surface area (Å²) in [4.78, 5) is 22.7. The second-order valence-electron chi connectivity index (χ2n) is 6.00. The van der Waals surface area contributed by atoms with Gasteiger partial charge in [0.15, 0.2) is 0 Å². The van der Waals surface area contributed by atoms with Crippen LogP contribution in [-0.2, 0) is 0 Å². The van der Waals surface area contributed by atoms with Crippen molar-refractivity contribution >= 4 is 22.2 Å². The molecule has 0 radical (unpaired) electrons. The molecular weight excluding hydrogens is 276 g/mol. The first-order valence-corrected chi connectivity index (χ1v) is 7.91. The molecule has 1 aromatic rings. The van der Waals surface area contributed by atoms with Crippen LogP contribution in [0.4, 0.5) is 5.00 Å². The van der Waals surface area contributed by atoms with Gasteiger partial charge in [0.1, 0.15) is 0 Å². The smallest absolute Gasteiger partial charge is 0.324 e. The summed E-state index contributed by atoms with van der Waals surface area (Å²) in [6.07, 6.45) is 5.17. The van der Waals surface area contributed by atoms with E-state index in [-0.39, 0.29) is 17.0 Å². The number of hydrogen-bond donors (Lipinski definition) is 1. The number of nitro groups is 1. The lowest BCUT2D eigenvalue weighted by Crippen LogP contribution is -2.39. The first-order valence-electron chi connectivity index (χ1n) is 7.09. The molecule has 2 bridgehead atoms. The largest absolute Gasteiger partial charge is 0.349 e. The number of thiophene rings is 1. The molecule has 4 atom stereocenters. The van der Waals surface area contributed by atoms with Crippen molar-refractivity contribution in [2.75, 3.05) is 0 Å². The fourth-order valence-electron chi connectivity index (χ4n) is 3.84. The van der Waals surface area contributed by atoms with Gasteiger partial charge in [-0.05, 0) is 50.0 Å². The highest BCUT2D eigenvalue weighted by Gasteiger charge is 2.42. The van der Waals surface area contributed by atoms with Crippen molar-refractivity contribution in [3.63, 3.8) is 0 Å². The van der Waals surface area contributed by atoms with Gasteiger partial charge in [-0.25, -0.2) is 0 Å². The molecule has 1 aromatic heterocycles. The van der Waals surface area contributed by atoms with Gasteiger partial charge >= 0.3 is 5.00 Å². The Morgan fingerprint density at radius 1 is 1.45 bits per heavy atom. The second kappa shape index (κ2) is 5.16. The van der Waals surface area contributed by atoms with E-state index < -0.39 is 4.92 Å². The third kappa shape index (κ3) is 2.44. The topological polar surface area (TPSA) is 72.2 Å². The molecule has 108 valence electrons. The van der Waals surface area contributed by atoms with Gasteiger partial charge < -0.3 is 5.32 Å². The Morgan fingerprint density at radius 3 is 2.80 bits per heavy atom. The van der Waals surface area contributed by atoms with Crippen LogP contribution in [0.2, 0.25) is 0 Å². The Balaban J connectivity index is 1.62. The van der Waals surface area contributed by atoms with E-state index in [0.29, 0.717) is 10.8 Å². The average Bonchev–Trinajstić information content (AvgIpc) is 3.14. The predicted octanol–water partition coefficient (Wildman–Crippen LogP) is 3.21. The van der Waals surface area contributed by atoms with Crippen molar-refractivity contribution in [2.45, 2.75) is 38.6 Å². The quantitative estimate of drug-likeness (QED) is 0.684. The summed E-state index contributed by atoms with van der Waals surface area (Å²) in [5.41, 5.74) is 0. The molecular formula is C14H18N2O3S. The summed E-state index contributed by atoms with van der Waals surface area (Å²) in [7, 11) is 0. The second-order valence-corrected chi connectivity index (χ2v) is 7.06. The first-order chi connectivity index (χ1) is 9.54. The van der Waals surface area contributed by atoms with Gasteiger partial charge in [-0.15, -0.1) is 0 Å². The van der Waals surface area contributed by atoms with Crippen LogP contribution >= 0.6 is 11.3 Å². The normalized spacial score (nSPS) is 29.4. The van der Waals surface area contributed by atoms with Crippen molar-refractivity contribution < 1.29 is 9.72 Å². The Kier molecular flexibility index (Phi) is 3.50. The summed E-state index contributed by atoms with van der Waals surface area (Å²) in [5, 5.41) is 13.7. The minimum atomic E-state index is -0.458. The maximum absolute atomic E-state index is 12.1. The number of carbonyl (C=O) groups is 1. The van der Waals surface area contributed by atoms with Crippen LogP contribution in [0, 0.1) is 27.9 Å². The summed E-state index contributed by atoms with van der Waals surface area (Å²) >= 11 is 0.938. The predicted molar refractivity (Wildman–Crippen MR) is 76.8 cm³/mol. The zero-order chi connectivity index (χ0) is 14.3. The zero-order valence-electron chi connectivity index (χ0n) is 11.4. The Labute approximate surface area is 121 Å². The molecule has 0 aliphatic heterocycles. The van der Waals surface area contributed by atoms with Crippen LogP contribution in [0.3, 0.4) is 0 Å². The van der Waals surface area contributed by atoms with E-state index in [1.807, 2.05) is 0 Å². The summed E-state index contributed by atoms with van der Waals surface area (Å²) in [6, 6.07) is 3.08. The van der Waals surface area contributed by atoms with Crippen LogP contribution in [0.1, 0.15) is 42.3 Å². The minimum Gasteiger partial charge on any atom is -0.349 e. The van der Waals surface area contributed by atoms with Crippen LogP contribution in [0.25, 0.3) is 0 Å². The Hall–Kier alpha value is -1.43. The molecule has 0 spiro atoms. The van der Waals surface area contributed by atoms with Gasteiger partial charge in [0.25, 0.3) is 5.91 Å². The first kappa shape index (κ1) is 13.5. The molecule has 1 N–H and O–H groups in total. The summed E-state index contributed by atoms with van der Waals surface area (Å²) in [6.45, 7) is 2.06. The molecule has 5 nitrogen and oxygen atoms in total. The van der Waals surface area contributed by atoms with E-state index in [2.05, 4.69) is 12.2 Å². The third-order valence-corrected chi connectivity index (χ3v) is 5.83. The van der Waals surface area contributed by atoms with Gasteiger partial charge in [-0.1, -0.05) is 17.8 Å². The summed E-state index contributed by atoms with van der Waals surface area (Å²) < 4.78 is 0. The minimum absolute atomic E-state index is 0.0164. The molecule has 2 saturated carbocycles. The average molecular weight is 294 g/mol. The van der Waals surface area contributed by atoms with E-state index in [9.17, 15) is 14.9 Å². The molecule has 3 rings (SSSR count).